The molecular formula is C24H29N3OS. The van der Waals surface area contributed by atoms with Gasteiger partial charge in [-0.3, -0.25) is 4.79 Å². The van der Waals surface area contributed by atoms with Crippen molar-refractivity contribution in [2.75, 3.05) is 11.9 Å². The summed E-state index contributed by atoms with van der Waals surface area (Å²) >= 11 is 1.70. The lowest BCUT2D eigenvalue weighted by atomic mass is 9.78. The van der Waals surface area contributed by atoms with Crippen LogP contribution in [-0.4, -0.2) is 23.5 Å². The Morgan fingerprint density at radius 1 is 1.14 bits per heavy atom. The number of carbonyl (C=O) groups excluding carboxylic acids is 1. The Bertz CT molecular complexity index is 995. The number of nitrogens with zero attached hydrogens (tertiary/aromatic N) is 1. The van der Waals surface area contributed by atoms with Crippen LogP contribution < -0.4 is 10.6 Å². The Morgan fingerprint density at radius 3 is 2.72 bits per heavy atom. The van der Waals surface area contributed by atoms with Gasteiger partial charge in [-0.25, -0.2) is 4.98 Å². The van der Waals surface area contributed by atoms with Crippen LogP contribution in [0.4, 0.5) is 5.69 Å². The van der Waals surface area contributed by atoms with Crippen LogP contribution >= 0.6 is 11.3 Å². The van der Waals surface area contributed by atoms with Crippen LogP contribution in [0, 0.1) is 18.8 Å². The Labute approximate surface area is 176 Å². The zero-order chi connectivity index (χ0) is 20.4. The lowest BCUT2D eigenvalue weighted by Crippen LogP contribution is -2.43. The van der Waals surface area contributed by atoms with Crippen molar-refractivity contribution in [1.29, 1.82) is 0 Å². The van der Waals surface area contributed by atoms with E-state index >= 15 is 0 Å². The number of benzene rings is 2. The van der Waals surface area contributed by atoms with Crippen LogP contribution in [0.15, 0.2) is 42.5 Å². The Kier molecular flexibility index (Phi) is 5.97. The van der Waals surface area contributed by atoms with Crippen LogP contribution in [0.3, 0.4) is 0 Å². The van der Waals surface area contributed by atoms with Crippen molar-refractivity contribution in [2.45, 2.75) is 46.1 Å². The molecule has 29 heavy (non-hydrogen) atoms. The zero-order valence-electron chi connectivity index (χ0n) is 17.4. The van der Waals surface area contributed by atoms with Crippen molar-refractivity contribution in [3.8, 4) is 10.6 Å². The number of rotatable bonds is 5. The van der Waals surface area contributed by atoms with Gasteiger partial charge in [-0.2, -0.15) is 0 Å². The fraction of sp³-hybridized carbons (Fsp3) is 0.417. The van der Waals surface area contributed by atoms with E-state index in [0.29, 0.717) is 18.5 Å². The molecule has 3 aromatic rings. The normalized spacial score (nSPS) is 22.0. The van der Waals surface area contributed by atoms with Gasteiger partial charge in [-0.1, -0.05) is 32.8 Å². The SMILES string of the molecule is Cc1ccc2nc(-c3ccc(NC(=O)CN[C@H]4CCC[C@@H](C)[C@@H]4C)cc3)sc2c1. The van der Waals surface area contributed by atoms with Crippen molar-refractivity contribution in [2.24, 2.45) is 11.8 Å². The standard InChI is InChI=1S/C24H29N3OS/c1-15-7-12-21-22(13-15)29-24(27-21)18-8-10-19(11-9-18)26-23(28)14-25-20-6-4-5-16(2)17(20)3/h7-13,16-17,20,25H,4-6,14H2,1-3H3,(H,26,28)/t16-,17+,20+/m1/s1. The van der Waals surface area contributed by atoms with E-state index in [1.807, 2.05) is 24.3 Å². The molecule has 0 saturated heterocycles. The number of hydrogen-bond donors (Lipinski definition) is 2. The molecule has 2 aromatic carbocycles. The predicted molar refractivity (Wildman–Crippen MR) is 122 cm³/mol. The van der Waals surface area contributed by atoms with E-state index in [1.165, 1.54) is 23.1 Å². The molecule has 0 aliphatic heterocycles. The van der Waals surface area contributed by atoms with Crippen molar-refractivity contribution < 1.29 is 4.79 Å². The highest BCUT2D eigenvalue weighted by Gasteiger charge is 2.26. The first-order valence-corrected chi connectivity index (χ1v) is 11.3. The summed E-state index contributed by atoms with van der Waals surface area (Å²) in [6, 6.07) is 14.7. The number of thiazole rings is 1. The molecule has 1 fully saturated rings. The number of aromatic nitrogens is 1. The van der Waals surface area contributed by atoms with Gasteiger partial charge in [0.2, 0.25) is 5.91 Å². The van der Waals surface area contributed by atoms with E-state index in [9.17, 15) is 4.79 Å². The summed E-state index contributed by atoms with van der Waals surface area (Å²) in [4.78, 5) is 17.1. The quantitative estimate of drug-likeness (QED) is 0.577. The smallest absolute Gasteiger partial charge is 0.238 e. The summed E-state index contributed by atoms with van der Waals surface area (Å²) in [5.41, 5.74) is 4.18. The molecule has 1 saturated carbocycles. The third-order valence-corrected chi connectivity index (χ3v) is 7.26. The third kappa shape index (κ3) is 4.68. The zero-order valence-corrected chi connectivity index (χ0v) is 18.2. The molecule has 4 rings (SSSR count). The highest BCUT2D eigenvalue weighted by atomic mass is 32.1. The maximum atomic E-state index is 12.4. The summed E-state index contributed by atoms with van der Waals surface area (Å²) in [5, 5.41) is 7.47. The van der Waals surface area contributed by atoms with Gasteiger partial charge in [0, 0.05) is 17.3 Å². The van der Waals surface area contributed by atoms with Crippen molar-refractivity contribution in [3.05, 3.63) is 48.0 Å². The molecule has 1 aromatic heterocycles. The number of amides is 1. The molecule has 0 radical (unpaired) electrons. The van der Waals surface area contributed by atoms with E-state index in [4.69, 9.17) is 4.98 Å². The maximum Gasteiger partial charge on any atom is 0.238 e. The minimum absolute atomic E-state index is 0.0126. The predicted octanol–water partition coefficient (Wildman–Crippen LogP) is 5.62. The lowest BCUT2D eigenvalue weighted by Gasteiger charge is -2.34. The molecule has 4 nitrogen and oxygen atoms in total. The third-order valence-electron chi connectivity index (χ3n) is 6.19. The molecule has 3 atom stereocenters. The van der Waals surface area contributed by atoms with E-state index in [2.05, 4.69) is 49.6 Å². The molecule has 1 aliphatic carbocycles. The molecule has 1 heterocycles. The monoisotopic (exact) mass is 407 g/mol. The summed E-state index contributed by atoms with van der Waals surface area (Å²) in [5.74, 6) is 1.36. The van der Waals surface area contributed by atoms with Crippen molar-refractivity contribution in [1.82, 2.24) is 10.3 Å². The van der Waals surface area contributed by atoms with Gasteiger partial charge >= 0.3 is 0 Å². The Morgan fingerprint density at radius 2 is 1.93 bits per heavy atom. The first-order valence-electron chi connectivity index (χ1n) is 10.5. The van der Waals surface area contributed by atoms with Gasteiger partial charge in [0.15, 0.2) is 0 Å². The van der Waals surface area contributed by atoms with E-state index in [1.54, 1.807) is 11.3 Å². The van der Waals surface area contributed by atoms with E-state index in [0.717, 1.165) is 34.1 Å². The van der Waals surface area contributed by atoms with Gasteiger partial charge in [0.1, 0.15) is 5.01 Å². The minimum Gasteiger partial charge on any atom is -0.325 e. The van der Waals surface area contributed by atoms with Crippen LogP contribution in [0.5, 0.6) is 0 Å². The second-order valence-electron chi connectivity index (χ2n) is 8.37. The molecule has 1 amide bonds. The van der Waals surface area contributed by atoms with Gasteiger partial charge < -0.3 is 10.6 Å². The van der Waals surface area contributed by atoms with Gasteiger partial charge in [0.25, 0.3) is 0 Å². The van der Waals surface area contributed by atoms with Gasteiger partial charge in [-0.05, 0) is 67.1 Å². The second kappa shape index (κ2) is 8.64. The van der Waals surface area contributed by atoms with Crippen LogP contribution in [0.25, 0.3) is 20.8 Å². The Balaban J connectivity index is 1.35. The second-order valence-corrected chi connectivity index (χ2v) is 9.40. The fourth-order valence-corrected chi connectivity index (χ4v) is 5.22. The number of anilines is 1. The lowest BCUT2D eigenvalue weighted by molar-refractivity contribution is -0.115. The molecule has 0 bridgehead atoms. The van der Waals surface area contributed by atoms with E-state index in [-0.39, 0.29) is 5.91 Å². The maximum absolute atomic E-state index is 12.4. The summed E-state index contributed by atoms with van der Waals surface area (Å²) < 4.78 is 1.20. The molecule has 5 heteroatoms. The largest absolute Gasteiger partial charge is 0.325 e. The summed E-state index contributed by atoms with van der Waals surface area (Å²) in [7, 11) is 0. The number of aryl methyl sites for hydroxylation is 1. The first-order chi connectivity index (χ1) is 14.0. The molecule has 0 spiro atoms. The summed E-state index contributed by atoms with van der Waals surface area (Å²) in [6.07, 6.45) is 3.71. The topological polar surface area (TPSA) is 54.0 Å². The molecule has 0 unspecified atom stereocenters. The molecular weight excluding hydrogens is 378 g/mol. The van der Waals surface area contributed by atoms with Crippen LogP contribution in [0.2, 0.25) is 0 Å². The average molecular weight is 408 g/mol. The van der Waals surface area contributed by atoms with Gasteiger partial charge in [-0.15, -0.1) is 11.3 Å². The van der Waals surface area contributed by atoms with Crippen molar-refractivity contribution in [3.63, 3.8) is 0 Å². The van der Waals surface area contributed by atoms with E-state index < -0.39 is 0 Å². The number of carbonyl (C=O) groups is 1. The van der Waals surface area contributed by atoms with Crippen molar-refractivity contribution >= 4 is 33.1 Å². The molecule has 152 valence electrons. The number of nitrogens with one attached hydrogen (secondary N) is 2. The Hall–Kier alpha value is -2.24. The average Bonchev–Trinajstić information content (AvgIpc) is 3.13. The van der Waals surface area contributed by atoms with Gasteiger partial charge in [0.05, 0.1) is 16.8 Å². The highest BCUT2D eigenvalue weighted by molar-refractivity contribution is 7.21. The minimum atomic E-state index is 0.0126. The first kappa shape index (κ1) is 20.0. The van der Waals surface area contributed by atoms with Crippen LogP contribution in [-0.2, 0) is 4.79 Å². The number of fused-ring (bicyclic) bond motifs is 1. The van der Waals surface area contributed by atoms with Crippen LogP contribution in [0.1, 0.15) is 38.7 Å². The number of hydrogen-bond acceptors (Lipinski definition) is 4. The molecule has 2 N–H and O–H groups in total. The fourth-order valence-electron chi connectivity index (χ4n) is 4.15. The summed E-state index contributed by atoms with van der Waals surface area (Å²) in [6.45, 7) is 7.07. The highest BCUT2D eigenvalue weighted by Crippen LogP contribution is 2.31. The molecule has 1 aliphatic rings.